The molecule has 0 bridgehead atoms. The zero-order valence-corrected chi connectivity index (χ0v) is 20.8. The molecule has 0 saturated heterocycles. The van der Waals surface area contributed by atoms with Crippen LogP contribution in [0.15, 0.2) is 12.4 Å². The molecule has 176 valence electrons. The zero-order chi connectivity index (χ0) is 21.7. The molecule has 0 amide bonds. The van der Waals surface area contributed by atoms with Crippen molar-refractivity contribution in [3.05, 3.63) is 23.8 Å². The van der Waals surface area contributed by atoms with Crippen LogP contribution in [0.3, 0.4) is 0 Å². The largest absolute Gasteiger partial charge is 0.241 e. The van der Waals surface area contributed by atoms with Gasteiger partial charge in [0.25, 0.3) is 0 Å². The van der Waals surface area contributed by atoms with Crippen LogP contribution in [-0.4, -0.2) is 9.97 Å². The number of nitrogens with zero attached hydrogens (tertiary/aromatic N) is 2. The van der Waals surface area contributed by atoms with Crippen LogP contribution in [0.2, 0.25) is 0 Å². The van der Waals surface area contributed by atoms with Crippen molar-refractivity contribution in [1.82, 2.24) is 9.97 Å². The average Bonchev–Trinajstić information content (AvgIpc) is 2.83. The Morgan fingerprint density at radius 2 is 1.16 bits per heavy atom. The predicted octanol–water partition coefficient (Wildman–Crippen LogP) is 8.73. The Hall–Kier alpha value is -0.920. The monoisotopic (exact) mass is 426 g/mol. The molecule has 3 rings (SSSR count). The van der Waals surface area contributed by atoms with Crippen molar-refractivity contribution >= 4 is 0 Å². The van der Waals surface area contributed by atoms with Gasteiger partial charge in [0.15, 0.2) is 0 Å². The van der Waals surface area contributed by atoms with Gasteiger partial charge in [0.05, 0.1) is 0 Å². The fourth-order valence-electron chi connectivity index (χ4n) is 6.30. The highest BCUT2D eigenvalue weighted by molar-refractivity contribution is 5.05. The number of unbranched alkanes of at least 4 members (excludes halogenated alkanes) is 5. The van der Waals surface area contributed by atoms with Crippen LogP contribution in [0.4, 0.5) is 0 Å². The summed E-state index contributed by atoms with van der Waals surface area (Å²) in [5.41, 5.74) is 1.32. The standard InChI is InChI=1S/C29H50N2/c1-3-5-7-8-9-11-26-22-30-29(31-23-26)21-16-25-14-19-28(20-15-25)27-17-12-24(13-18-27)10-6-4-2/h22-25,27-28H,3-21H2,1-2H3/t24-,25-,27-,28-. The van der Waals surface area contributed by atoms with E-state index in [0.29, 0.717) is 0 Å². The van der Waals surface area contributed by atoms with E-state index >= 15 is 0 Å². The molecule has 2 aliphatic carbocycles. The SMILES string of the molecule is CCCCCCCc1cnc(CC[C@H]2CC[C@H]([C@H]3CC[C@H](CCCC)CC3)CC2)nc1. The first-order valence-electron chi connectivity index (χ1n) is 14.1. The van der Waals surface area contributed by atoms with E-state index in [4.69, 9.17) is 0 Å². The molecule has 1 aromatic rings. The van der Waals surface area contributed by atoms with Crippen LogP contribution in [0.25, 0.3) is 0 Å². The quantitative estimate of drug-likeness (QED) is 0.295. The molecule has 0 N–H and O–H groups in total. The van der Waals surface area contributed by atoms with Crippen LogP contribution < -0.4 is 0 Å². The van der Waals surface area contributed by atoms with Crippen LogP contribution in [0.1, 0.15) is 134 Å². The maximum Gasteiger partial charge on any atom is 0.128 e. The van der Waals surface area contributed by atoms with Gasteiger partial charge in [-0.05, 0) is 74.2 Å². The minimum atomic E-state index is 0.916. The topological polar surface area (TPSA) is 25.8 Å². The number of aryl methyl sites for hydroxylation is 2. The first-order chi connectivity index (χ1) is 15.3. The first-order valence-corrected chi connectivity index (χ1v) is 14.1. The minimum Gasteiger partial charge on any atom is -0.241 e. The summed E-state index contributed by atoms with van der Waals surface area (Å²) in [6.45, 7) is 4.61. The number of hydrogen-bond donors (Lipinski definition) is 0. The van der Waals surface area contributed by atoms with E-state index in [2.05, 4.69) is 36.2 Å². The van der Waals surface area contributed by atoms with E-state index in [1.807, 2.05) is 0 Å². The Balaban J connectivity index is 1.28. The Morgan fingerprint density at radius 1 is 0.613 bits per heavy atom. The lowest BCUT2D eigenvalue weighted by Crippen LogP contribution is -2.26. The van der Waals surface area contributed by atoms with E-state index in [-0.39, 0.29) is 0 Å². The molecule has 0 aliphatic heterocycles. The van der Waals surface area contributed by atoms with Gasteiger partial charge >= 0.3 is 0 Å². The second-order valence-corrected chi connectivity index (χ2v) is 10.9. The van der Waals surface area contributed by atoms with Crippen molar-refractivity contribution in [2.24, 2.45) is 23.7 Å². The number of hydrogen-bond acceptors (Lipinski definition) is 2. The molecule has 0 radical (unpaired) electrons. The summed E-state index contributed by atoms with van der Waals surface area (Å²) >= 11 is 0. The third kappa shape index (κ3) is 8.85. The average molecular weight is 427 g/mol. The molecule has 2 nitrogen and oxygen atoms in total. The normalized spacial score (nSPS) is 26.8. The van der Waals surface area contributed by atoms with Crippen LogP contribution in [-0.2, 0) is 12.8 Å². The highest BCUT2D eigenvalue weighted by Crippen LogP contribution is 2.43. The predicted molar refractivity (Wildman–Crippen MR) is 133 cm³/mol. The lowest BCUT2D eigenvalue weighted by atomic mass is 9.68. The molecule has 2 fully saturated rings. The third-order valence-electron chi connectivity index (χ3n) is 8.52. The summed E-state index contributed by atoms with van der Waals surface area (Å²) in [5.74, 6) is 5.13. The second kappa shape index (κ2) is 14.3. The fraction of sp³-hybridized carbons (Fsp3) is 0.862. The lowest BCUT2D eigenvalue weighted by Gasteiger charge is -2.38. The third-order valence-corrected chi connectivity index (χ3v) is 8.52. The van der Waals surface area contributed by atoms with Crippen molar-refractivity contribution in [3.63, 3.8) is 0 Å². The molecule has 1 heterocycles. The van der Waals surface area contributed by atoms with Gasteiger partial charge in [0.2, 0.25) is 0 Å². The maximum atomic E-state index is 4.68. The van der Waals surface area contributed by atoms with Gasteiger partial charge in [-0.15, -0.1) is 0 Å². The molecular formula is C29H50N2. The highest BCUT2D eigenvalue weighted by atomic mass is 14.9. The summed E-state index contributed by atoms with van der Waals surface area (Å²) in [6, 6.07) is 0. The Bertz CT molecular complexity index is 565. The zero-order valence-electron chi connectivity index (χ0n) is 20.8. The summed E-state index contributed by atoms with van der Waals surface area (Å²) in [4.78, 5) is 9.37. The molecule has 2 aliphatic rings. The molecule has 2 heteroatoms. The highest BCUT2D eigenvalue weighted by Gasteiger charge is 2.30. The minimum absolute atomic E-state index is 0.916. The van der Waals surface area contributed by atoms with Crippen molar-refractivity contribution < 1.29 is 0 Å². The van der Waals surface area contributed by atoms with Crippen LogP contribution in [0.5, 0.6) is 0 Å². The van der Waals surface area contributed by atoms with Gasteiger partial charge in [0, 0.05) is 18.8 Å². The molecule has 0 unspecified atom stereocenters. The van der Waals surface area contributed by atoms with E-state index < -0.39 is 0 Å². The Labute approximate surface area is 193 Å². The van der Waals surface area contributed by atoms with Gasteiger partial charge in [0.1, 0.15) is 5.82 Å². The van der Waals surface area contributed by atoms with E-state index in [1.165, 1.54) is 115 Å². The van der Waals surface area contributed by atoms with Crippen molar-refractivity contribution in [2.75, 3.05) is 0 Å². The Morgan fingerprint density at radius 3 is 1.74 bits per heavy atom. The van der Waals surface area contributed by atoms with Crippen molar-refractivity contribution in [3.8, 4) is 0 Å². The molecule has 31 heavy (non-hydrogen) atoms. The van der Waals surface area contributed by atoms with Crippen molar-refractivity contribution in [2.45, 2.75) is 136 Å². The second-order valence-electron chi connectivity index (χ2n) is 10.9. The van der Waals surface area contributed by atoms with Crippen LogP contribution >= 0.6 is 0 Å². The molecule has 0 spiro atoms. The van der Waals surface area contributed by atoms with E-state index in [0.717, 1.165) is 42.3 Å². The first kappa shape index (κ1) is 24.7. The number of aromatic nitrogens is 2. The molecule has 0 atom stereocenters. The fourth-order valence-corrected chi connectivity index (χ4v) is 6.30. The van der Waals surface area contributed by atoms with Gasteiger partial charge in [-0.25, -0.2) is 9.97 Å². The maximum absolute atomic E-state index is 4.68. The van der Waals surface area contributed by atoms with Crippen molar-refractivity contribution in [1.29, 1.82) is 0 Å². The lowest BCUT2D eigenvalue weighted by molar-refractivity contribution is 0.140. The summed E-state index contributed by atoms with van der Waals surface area (Å²) in [6.07, 6.45) is 30.7. The van der Waals surface area contributed by atoms with Gasteiger partial charge in [-0.2, -0.15) is 0 Å². The molecule has 2 saturated carbocycles. The summed E-state index contributed by atoms with van der Waals surface area (Å²) in [7, 11) is 0. The summed E-state index contributed by atoms with van der Waals surface area (Å²) < 4.78 is 0. The van der Waals surface area contributed by atoms with Crippen LogP contribution in [0, 0.1) is 23.7 Å². The number of rotatable bonds is 13. The van der Waals surface area contributed by atoms with Gasteiger partial charge < -0.3 is 0 Å². The molecule has 1 aromatic heterocycles. The smallest absolute Gasteiger partial charge is 0.128 e. The van der Waals surface area contributed by atoms with Gasteiger partial charge in [-0.1, -0.05) is 84.5 Å². The Kier molecular flexibility index (Phi) is 11.4. The van der Waals surface area contributed by atoms with E-state index in [1.54, 1.807) is 0 Å². The van der Waals surface area contributed by atoms with Gasteiger partial charge in [-0.3, -0.25) is 0 Å². The summed E-state index contributed by atoms with van der Waals surface area (Å²) in [5, 5.41) is 0. The molecular weight excluding hydrogens is 376 g/mol. The van der Waals surface area contributed by atoms with E-state index in [9.17, 15) is 0 Å². The molecule has 0 aromatic carbocycles.